The Labute approximate surface area is 162 Å². The van der Waals surface area contributed by atoms with E-state index in [1.807, 2.05) is 42.5 Å². The number of benzene rings is 2. The quantitative estimate of drug-likeness (QED) is 0.672. The maximum absolute atomic E-state index is 12.5. The van der Waals surface area contributed by atoms with Crippen molar-refractivity contribution in [1.82, 2.24) is 9.97 Å². The standard InChI is InChI=1S/C22H19N3O3/c26-20(12-18-8-9-23-14-24-18)17-3-1-2-15(10-17)4-5-16-6-7-19-21(11-16)28-13-22(27)25-19/h1-3,6-11,14H,4-5,12-13H2,(H,25,27). The molecule has 140 valence electrons. The van der Waals surface area contributed by atoms with Gasteiger partial charge < -0.3 is 10.1 Å². The van der Waals surface area contributed by atoms with Gasteiger partial charge in [0.25, 0.3) is 5.91 Å². The Hall–Kier alpha value is -3.54. The minimum atomic E-state index is -0.135. The SMILES string of the molecule is O=C1COc2cc(CCc3cccc(C(=O)Cc4ccncn4)c3)ccc2N1. The molecule has 0 unspecified atom stereocenters. The van der Waals surface area contributed by atoms with Gasteiger partial charge in [-0.25, -0.2) is 9.97 Å². The van der Waals surface area contributed by atoms with Gasteiger partial charge >= 0.3 is 0 Å². The third kappa shape index (κ3) is 4.23. The number of hydrogen-bond acceptors (Lipinski definition) is 5. The van der Waals surface area contributed by atoms with Crippen molar-refractivity contribution in [3.8, 4) is 5.75 Å². The zero-order valence-electron chi connectivity index (χ0n) is 15.2. The van der Waals surface area contributed by atoms with E-state index in [9.17, 15) is 9.59 Å². The summed E-state index contributed by atoms with van der Waals surface area (Å²) in [6.07, 6.45) is 4.97. The van der Waals surface area contributed by atoms with Crippen LogP contribution in [0.5, 0.6) is 5.75 Å². The fourth-order valence-electron chi connectivity index (χ4n) is 3.15. The third-order valence-electron chi connectivity index (χ3n) is 4.62. The topological polar surface area (TPSA) is 81.2 Å². The first-order valence-electron chi connectivity index (χ1n) is 9.10. The van der Waals surface area contributed by atoms with Crippen LogP contribution in [0.1, 0.15) is 27.2 Å². The predicted octanol–water partition coefficient (Wildman–Crippen LogP) is 3.02. The molecule has 4 rings (SSSR count). The normalized spacial score (nSPS) is 12.6. The Morgan fingerprint density at radius 3 is 2.75 bits per heavy atom. The van der Waals surface area contributed by atoms with E-state index in [-0.39, 0.29) is 24.7 Å². The smallest absolute Gasteiger partial charge is 0.262 e. The van der Waals surface area contributed by atoms with Gasteiger partial charge in [-0.1, -0.05) is 24.3 Å². The van der Waals surface area contributed by atoms with Crippen molar-refractivity contribution >= 4 is 17.4 Å². The van der Waals surface area contributed by atoms with Crippen molar-refractivity contribution < 1.29 is 14.3 Å². The summed E-state index contributed by atoms with van der Waals surface area (Å²) in [6.45, 7) is 0.0486. The molecular formula is C22H19N3O3. The number of ketones is 1. The number of amides is 1. The number of ether oxygens (including phenoxy) is 1. The highest BCUT2D eigenvalue weighted by molar-refractivity contribution is 5.97. The average Bonchev–Trinajstić information content (AvgIpc) is 2.73. The number of aryl methyl sites for hydroxylation is 2. The molecule has 6 nitrogen and oxygen atoms in total. The second kappa shape index (κ2) is 8.00. The molecule has 1 N–H and O–H groups in total. The second-order valence-electron chi connectivity index (χ2n) is 6.67. The summed E-state index contributed by atoms with van der Waals surface area (Å²) < 4.78 is 5.47. The Balaban J connectivity index is 1.41. The lowest BCUT2D eigenvalue weighted by molar-refractivity contribution is -0.118. The number of anilines is 1. The molecule has 0 saturated heterocycles. The molecule has 2 heterocycles. The number of carbonyl (C=O) groups excluding carboxylic acids is 2. The lowest BCUT2D eigenvalue weighted by Gasteiger charge is -2.18. The predicted molar refractivity (Wildman–Crippen MR) is 104 cm³/mol. The van der Waals surface area contributed by atoms with Gasteiger partial charge in [0.05, 0.1) is 17.8 Å². The number of nitrogens with one attached hydrogen (secondary N) is 1. The van der Waals surface area contributed by atoms with Gasteiger partial charge in [0.15, 0.2) is 12.4 Å². The minimum Gasteiger partial charge on any atom is -0.482 e. The maximum atomic E-state index is 12.5. The third-order valence-corrected chi connectivity index (χ3v) is 4.62. The van der Waals surface area contributed by atoms with Gasteiger partial charge in [-0.05, 0) is 48.2 Å². The van der Waals surface area contributed by atoms with Crippen LogP contribution in [0.2, 0.25) is 0 Å². The number of nitrogens with zero attached hydrogens (tertiary/aromatic N) is 2. The van der Waals surface area contributed by atoms with Crippen molar-refractivity contribution in [3.63, 3.8) is 0 Å². The number of carbonyl (C=O) groups is 2. The molecule has 1 aromatic heterocycles. The van der Waals surface area contributed by atoms with Gasteiger partial charge in [-0.15, -0.1) is 0 Å². The highest BCUT2D eigenvalue weighted by Gasteiger charge is 2.16. The number of aromatic nitrogens is 2. The van der Waals surface area contributed by atoms with Crippen LogP contribution in [-0.2, 0) is 24.1 Å². The van der Waals surface area contributed by atoms with E-state index in [0.717, 1.165) is 24.0 Å². The van der Waals surface area contributed by atoms with E-state index in [1.54, 1.807) is 12.3 Å². The van der Waals surface area contributed by atoms with Gasteiger partial charge in [-0.2, -0.15) is 0 Å². The van der Waals surface area contributed by atoms with Crippen molar-refractivity contribution in [3.05, 3.63) is 83.4 Å². The molecule has 0 bridgehead atoms. The van der Waals surface area contributed by atoms with Gasteiger partial charge in [0, 0.05) is 11.8 Å². The summed E-state index contributed by atoms with van der Waals surface area (Å²) >= 11 is 0. The summed E-state index contributed by atoms with van der Waals surface area (Å²) in [5, 5.41) is 2.79. The first kappa shape index (κ1) is 17.9. The Morgan fingerprint density at radius 2 is 1.93 bits per heavy atom. The van der Waals surface area contributed by atoms with E-state index in [4.69, 9.17) is 4.74 Å². The van der Waals surface area contributed by atoms with Crippen LogP contribution in [0, 0.1) is 0 Å². The lowest BCUT2D eigenvalue weighted by Crippen LogP contribution is -2.25. The Kier molecular flexibility index (Phi) is 5.10. The van der Waals surface area contributed by atoms with Crippen molar-refractivity contribution in [2.75, 3.05) is 11.9 Å². The number of rotatable bonds is 6. The van der Waals surface area contributed by atoms with Crippen LogP contribution in [0.25, 0.3) is 0 Å². The molecule has 0 saturated carbocycles. The zero-order chi connectivity index (χ0) is 19.3. The van der Waals surface area contributed by atoms with Crippen LogP contribution >= 0.6 is 0 Å². The highest BCUT2D eigenvalue weighted by Crippen LogP contribution is 2.29. The molecule has 28 heavy (non-hydrogen) atoms. The molecule has 0 aliphatic carbocycles. The summed E-state index contributed by atoms with van der Waals surface area (Å²) in [4.78, 5) is 31.9. The van der Waals surface area contributed by atoms with Crippen molar-refractivity contribution in [2.24, 2.45) is 0 Å². The van der Waals surface area contributed by atoms with E-state index in [2.05, 4.69) is 15.3 Å². The van der Waals surface area contributed by atoms with E-state index in [1.165, 1.54) is 6.33 Å². The molecule has 1 aliphatic rings. The molecule has 1 aliphatic heterocycles. The van der Waals surface area contributed by atoms with Crippen LogP contribution in [-0.4, -0.2) is 28.3 Å². The fourth-order valence-corrected chi connectivity index (χ4v) is 3.15. The maximum Gasteiger partial charge on any atom is 0.262 e. The molecule has 0 fully saturated rings. The summed E-state index contributed by atoms with van der Waals surface area (Å²) in [6, 6.07) is 15.3. The van der Waals surface area contributed by atoms with E-state index in [0.29, 0.717) is 22.7 Å². The molecular weight excluding hydrogens is 354 g/mol. The number of fused-ring (bicyclic) bond motifs is 1. The van der Waals surface area contributed by atoms with E-state index < -0.39 is 0 Å². The second-order valence-corrected chi connectivity index (χ2v) is 6.67. The first-order chi connectivity index (χ1) is 13.7. The molecule has 6 heteroatoms. The fraction of sp³-hybridized carbons (Fsp3) is 0.182. The van der Waals surface area contributed by atoms with Gasteiger partial charge in [-0.3, -0.25) is 9.59 Å². The van der Waals surface area contributed by atoms with E-state index >= 15 is 0 Å². The largest absolute Gasteiger partial charge is 0.482 e. The first-order valence-corrected chi connectivity index (χ1v) is 9.10. The summed E-state index contributed by atoms with van der Waals surface area (Å²) in [7, 11) is 0. The summed E-state index contributed by atoms with van der Waals surface area (Å²) in [5.41, 5.74) is 4.32. The van der Waals surface area contributed by atoms with Crippen LogP contribution in [0.4, 0.5) is 5.69 Å². The molecule has 0 spiro atoms. The number of hydrogen-bond donors (Lipinski definition) is 1. The Bertz CT molecular complexity index is 1020. The van der Waals surface area contributed by atoms with Gasteiger partial charge in [0.2, 0.25) is 0 Å². The molecule has 2 aromatic carbocycles. The zero-order valence-corrected chi connectivity index (χ0v) is 15.2. The lowest BCUT2D eigenvalue weighted by atomic mass is 9.99. The highest BCUT2D eigenvalue weighted by atomic mass is 16.5. The molecule has 0 radical (unpaired) electrons. The van der Waals surface area contributed by atoms with Crippen molar-refractivity contribution in [1.29, 1.82) is 0 Å². The monoisotopic (exact) mass is 373 g/mol. The molecule has 3 aromatic rings. The van der Waals surface area contributed by atoms with Gasteiger partial charge in [0.1, 0.15) is 12.1 Å². The summed E-state index contributed by atoms with van der Waals surface area (Å²) in [5.74, 6) is 0.605. The minimum absolute atomic E-state index is 0.0403. The Morgan fingerprint density at radius 1 is 1.07 bits per heavy atom. The van der Waals surface area contributed by atoms with Crippen LogP contribution in [0.15, 0.2) is 61.1 Å². The van der Waals surface area contributed by atoms with Crippen LogP contribution in [0.3, 0.4) is 0 Å². The van der Waals surface area contributed by atoms with Crippen molar-refractivity contribution in [2.45, 2.75) is 19.3 Å². The van der Waals surface area contributed by atoms with Crippen LogP contribution < -0.4 is 10.1 Å². The average molecular weight is 373 g/mol. The molecule has 1 amide bonds. The number of Topliss-reactive ketones (excluding diaryl/α,β-unsaturated/α-hetero) is 1. The molecule has 0 atom stereocenters.